The number of rotatable bonds is 5. The topological polar surface area (TPSA) is 51.2 Å². The van der Waals surface area contributed by atoms with Gasteiger partial charge in [0.25, 0.3) is 0 Å². The lowest BCUT2D eigenvalue weighted by Crippen LogP contribution is -2.50. The van der Waals surface area contributed by atoms with Gasteiger partial charge in [0.2, 0.25) is 0 Å². The lowest BCUT2D eigenvalue weighted by Gasteiger charge is -2.38. The molecule has 0 aromatic heterocycles. The minimum absolute atomic E-state index is 0.111. The van der Waals surface area contributed by atoms with E-state index in [1.165, 1.54) is 0 Å². The van der Waals surface area contributed by atoms with Crippen molar-refractivity contribution in [3.05, 3.63) is 35.9 Å². The van der Waals surface area contributed by atoms with Crippen LogP contribution in [0.3, 0.4) is 0 Å². The number of ether oxygens (including phenoxy) is 3. The standard InChI is InChI=1S/C16H22O4/c1-18-15-13(16(11-20-16)8-7-14(15)17)10-19-9-12-5-3-2-4-6-12/h2-6,13-15,17H,7-11H2,1H3/t13-,14+,15-,16-/m0/s1. The summed E-state index contributed by atoms with van der Waals surface area (Å²) in [4.78, 5) is 0. The van der Waals surface area contributed by atoms with Gasteiger partial charge in [-0.05, 0) is 18.4 Å². The number of aliphatic hydroxyl groups is 1. The van der Waals surface area contributed by atoms with Gasteiger partial charge in [0.15, 0.2) is 0 Å². The van der Waals surface area contributed by atoms with Crippen molar-refractivity contribution in [3.8, 4) is 0 Å². The molecule has 1 saturated carbocycles. The van der Waals surface area contributed by atoms with E-state index < -0.39 is 6.10 Å². The molecule has 1 spiro atoms. The SMILES string of the molecule is CO[C@@H]1[C@H](O)CC[C@]2(CO2)[C@H]1COCc1ccccc1. The van der Waals surface area contributed by atoms with E-state index in [2.05, 4.69) is 0 Å². The maximum absolute atomic E-state index is 10.1. The average Bonchev–Trinajstić information content (AvgIpc) is 3.25. The Balaban J connectivity index is 1.59. The molecule has 2 fully saturated rings. The maximum Gasteiger partial charge on any atom is 0.0993 e. The van der Waals surface area contributed by atoms with Gasteiger partial charge in [-0.2, -0.15) is 0 Å². The number of benzene rings is 1. The van der Waals surface area contributed by atoms with Crippen LogP contribution in [0.15, 0.2) is 30.3 Å². The van der Waals surface area contributed by atoms with Crippen molar-refractivity contribution in [2.24, 2.45) is 5.92 Å². The second-order valence-electron chi connectivity index (χ2n) is 5.77. The van der Waals surface area contributed by atoms with Crippen molar-refractivity contribution >= 4 is 0 Å². The molecule has 1 aromatic rings. The number of methoxy groups -OCH3 is 1. The van der Waals surface area contributed by atoms with Gasteiger partial charge in [-0.1, -0.05) is 30.3 Å². The molecule has 4 nitrogen and oxygen atoms in total. The first-order valence-corrected chi connectivity index (χ1v) is 7.22. The van der Waals surface area contributed by atoms with E-state index in [1.54, 1.807) is 7.11 Å². The molecule has 1 N–H and O–H groups in total. The largest absolute Gasteiger partial charge is 0.390 e. The van der Waals surface area contributed by atoms with Crippen LogP contribution in [0.25, 0.3) is 0 Å². The summed E-state index contributed by atoms with van der Waals surface area (Å²) in [6.45, 7) is 1.91. The second-order valence-corrected chi connectivity index (χ2v) is 5.77. The molecule has 0 bridgehead atoms. The van der Waals surface area contributed by atoms with Crippen LogP contribution in [0, 0.1) is 5.92 Å². The summed E-state index contributed by atoms with van der Waals surface area (Å²) in [6.07, 6.45) is 1.03. The van der Waals surface area contributed by atoms with Crippen LogP contribution in [-0.2, 0) is 20.8 Å². The Hall–Kier alpha value is -0.940. The Kier molecular flexibility index (Phi) is 4.08. The minimum atomic E-state index is -0.417. The normalized spacial score (nSPS) is 36.2. The van der Waals surface area contributed by atoms with Crippen molar-refractivity contribution in [1.82, 2.24) is 0 Å². The zero-order valence-corrected chi connectivity index (χ0v) is 11.8. The highest BCUT2D eigenvalue weighted by Crippen LogP contribution is 2.47. The molecular weight excluding hydrogens is 256 g/mol. The molecule has 0 amide bonds. The Morgan fingerprint density at radius 2 is 2.10 bits per heavy atom. The van der Waals surface area contributed by atoms with E-state index in [0.717, 1.165) is 25.0 Å². The molecule has 4 heteroatoms. The third-order valence-corrected chi connectivity index (χ3v) is 4.51. The monoisotopic (exact) mass is 278 g/mol. The van der Waals surface area contributed by atoms with E-state index in [9.17, 15) is 5.11 Å². The van der Waals surface area contributed by atoms with Crippen LogP contribution in [0.1, 0.15) is 18.4 Å². The maximum atomic E-state index is 10.1. The first-order chi connectivity index (χ1) is 9.75. The number of epoxide rings is 1. The van der Waals surface area contributed by atoms with Crippen LogP contribution >= 0.6 is 0 Å². The van der Waals surface area contributed by atoms with E-state index in [-0.39, 0.29) is 17.6 Å². The molecule has 0 unspecified atom stereocenters. The molecule has 0 radical (unpaired) electrons. The Morgan fingerprint density at radius 3 is 2.75 bits per heavy atom. The summed E-state index contributed by atoms with van der Waals surface area (Å²) < 4.78 is 17.0. The van der Waals surface area contributed by atoms with Gasteiger partial charge in [0, 0.05) is 13.0 Å². The fraction of sp³-hybridized carbons (Fsp3) is 0.625. The van der Waals surface area contributed by atoms with Gasteiger partial charge in [-0.3, -0.25) is 0 Å². The number of hydrogen-bond donors (Lipinski definition) is 1. The third kappa shape index (κ3) is 2.74. The molecule has 2 aliphatic rings. The van der Waals surface area contributed by atoms with Crippen LogP contribution in [-0.4, -0.2) is 43.2 Å². The van der Waals surface area contributed by atoms with Crippen LogP contribution in [0.2, 0.25) is 0 Å². The van der Waals surface area contributed by atoms with Crippen molar-refractivity contribution in [2.75, 3.05) is 20.3 Å². The Morgan fingerprint density at radius 1 is 1.35 bits per heavy atom. The van der Waals surface area contributed by atoms with Crippen molar-refractivity contribution in [2.45, 2.75) is 37.3 Å². The van der Waals surface area contributed by atoms with Gasteiger partial charge in [-0.15, -0.1) is 0 Å². The smallest absolute Gasteiger partial charge is 0.0993 e. The van der Waals surface area contributed by atoms with E-state index >= 15 is 0 Å². The zero-order valence-electron chi connectivity index (χ0n) is 11.8. The van der Waals surface area contributed by atoms with Crippen molar-refractivity contribution in [1.29, 1.82) is 0 Å². The molecule has 3 rings (SSSR count). The van der Waals surface area contributed by atoms with Crippen molar-refractivity contribution in [3.63, 3.8) is 0 Å². The van der Waals surface area contributed by atoms with Crippen LogP contribution in [0.5, 0.6) is 0 Å². The molecule has 20 heavy (non-hydrogen) atoms. The Labute approximate surface area is 119 Å². The van der Waals surface area contributed by atoms with E-state index in [4.69, 9.17) is 14.2 Å². The molecule has 1 aliphatic carbocycles. The Bertz CT molecular complexity index is 429. The average molecular weight is 278 g/mol. The lowest BCUT2D eigenvalue weighted by atomic mass is 9.76. The fourth-order valence-corrected chi connectivity index (χ4v) is 3.21. The van der Waals surface area contributed by atoms with Gasteiger partial charge < -0.3 is 19.3 Å². The lowest BCUT2D eigenvalue weighted by molar-refractivity contribution is -0.118. The molecule has 1 aromatic carbocycles. The summed E-state index contributed by atoms with van der Waals surface area (Å²) in [5, 5.41) is 10.1. The summed E-state index contributed by atoms with van der Waals surface area (Å²) in [5.74, 6) is 0.111. The van der Waals surface area contributed by atoms with Gasteiger partial charge in [0.05, 0.1) is 37.6 Å². The fourth-order valence-electron chi connectivity index (χ4n) is 3.21. The predicted molar refractivity (Wildman–Crippen MR) is 74.3 cm³/mol. The third-order valence-electron chi connectivity index (χ3n) is 4.51. The highest BCUT2D eigenvalue weighted by molar-refractivity contribution is 5.13. The van der Waals surface area contributed by atoms with Crippen LogP contribution in [0.4, 0.5) is 0 Å². The van der Waals surface area contributed by atoms with Crippen molar-refractivity contribution < 1.29 is 19.3 Å². The molecule has 110 valence electrons. The van der Waals surface area contributed by atoms with E-state index in [0.29, 0.717) is 13.2 Å². The van der Waals surface area contributed by atoms with Gasteiger partial charge in [0.1, 0.15) is 0 Å². The molecule has 1 heterocycles. The second kappa shape index (κ2) is 5.82. The molecule has 4 atom stereocenters. The first kappa shape index (κ1) is 14.0. The molecular formula is C16H22O4. The number of aliphatic hydroxyl groups excluding tert-OH is 1. The summed E-state index contributed by atoms with van der Waals surface area (Å²) in [5.41, 5.74) is 1.04. The highest BCUT2D eigenvalue weighted by Gasteiger charge is 2.58. The highest BCUT2D eigenvalue weighted by atomic mass is 16.6. The summed E-state index contributed by atoms with van der Waals surface area (Å²) in [6, 6.07) is 10.1. The predicted octanol–water partition coefficient (Wildman–Crippen LogP) is 1.76. The van der Waals surface area contributed by atoms with Crippen LogP contribution < -0.4 is 0 Å². The first-order valence-electron chi connectivity index (χ1n) is 7.22. The zero-order chi connectivity index (χ0) is 14.0. The minimum Gasteiger partial charge on any atom is -0.390 e. The summed E-state index contributed by atoms with van der Waals surface area (Å²) in [7, 11) is 1.65. The summed E-state index contributed by atoms with van der Waals surface area (Å²) >= 11 is 0. The van der Waals surface area contributed by atoms with Gasteiger partial charge >= 0.3 is 0 Å². The van der Waals surface area contributed by atoms with E-state index in [1.807, 2.05) is 30.3 Å². The van der Waals surface area contributed by atoms with Gasteiger partial charge in [-0.25, -0.2) is 0 Å². The molecule has 1 aliphatic heterocycles. The molecule has 1 saturated heterocycles. The number of hydrogen-bond acceptors (Lipinski definition) is 4. The quantitative estimate of drug-likeness (QED) is 0.834.